The predicted octanol–water partition coefficient (Wildman–Crippen LogP) is -0.245. The van der Waals surface area contributed by atoms with E-state index in [0.717, 1.165) is 12.8 Å². The molecular weight excluding hydrogens is 174 g/mol. The molecule has 1 amide bonds. The summed E-state index contributed by atoms with van der Waals surface area (Å²) in [6.07, 6.45) is 1.10. The lowest BCUT2D eigenvalue weighted by molar-refractivity contribution is -0.150. The van der Waals surface area contributed by atoms with Crippen LogP contribution in [0.3, 0.4) is 0 Å². The highest BCUT2D eigenvalue weighted by molar-refractivity contribution is 5.78. The fourth-order valence-corrected chi connectivity index (χ4v) is 0.769. The molecule has 1 fully saturated rings. The first-order valence-corrected chi connectivity index (χ1v) is 4.23. The van der Waals surface area contributed by atoms with Crippen molar-refractivity contribution in [1.29, 1.82) is 0 Å². The molecular formula is C8H13NO4. The van der Waals surface area contributed by atoms with Crippen LogP contribution in [0.2, 0.25) is 0 Å². The van der Waals surface area contributed by atoms with Gasteiger partial charge in [0.05, 0.1) is 0 Å². The Bertz CT molecular complexity index is 212. The molecule has 0 heterocycles. The third-order valence-corrected chi connectivity index (χ3v) is 1.75. The number of carboxylic acid groups (broad SMARTS) is 1. The maximum atomic E-state index is 11.0. The summed E-state index contributed by atoms with van der Waals surface area (Å²) >= 11 is 0. The van der Waals surface area contributed by atoms with Crippen LogP contribution in [0.1, 0.15) is 19.8 Å². The van der Waals surface area contributed by atoms with Crippen LogP contribution in [-0.2, 0) is 14.3 Å². The highest BCUT2D eigenvalue weighted by Gasteiger charge is 2.23. The predicted molar refractivity (Wildman–Crippen MR) is 44.2 cm³/mol. The van der Waals surface area contributed by atoms with Crippen LogP contribution in [0.25, 0.3) is 0 Å². The summed E-state index contributed by atoms with van der Waals surface area (Å²) in [5, 5.41) is 11.1. The molecule has 2 N–H and O–H groups in total. The Balaban J connectivity index is 2.09. The monoisotopic (exact) mass is 187 g/mol. The number of carboxylic acids is 1. The lowest BCUT2D eigenvalue weighted by Crippen LogP contribution is -2.32. The molecule has 0 aliphatic heterocycles. The van der Waals surface area contributed by atoms with Crippen molar-refractivity contribution in [3.8, 4) is 0 Å². The molecule has 0 aromatic rings. The minimum atomic E-state index is -1.06. The molecule has 1 saturated carbocycles. The molecule has 5 nitrogen and oxygen atoms in total. The SMILES string of the molecule is C[C@H](OCC(=O)NC1CC1)C(=O)O. The maximum Gasteiger partial charge on any atom is 0.332 e. The van der Waals surface area contributed by atoms with Gasteiger partial charge in [-0.2, -0.15) is 0 Å². The normalized spacial score (nSPS) is 17.9. The van der Waals surface area contributed by atoms with Crippen molar-refractivity contribution in [2.45, 2.75) is 31.9 Å². The van der Waals surface area contributed by atoms with E-state index in [2.05, 4.69) is 5.32 Å². The van der Waals surface area contributed by atoms with Gasteiger partial charge in [-0.25, -0.2) is 4.79 Å². The van der Waals surface area contributed by atoms with Gasteiger partial charge >= 0.3 is 5.97 Å². The van der Waals surface area contributed by atoms with E-state index >= 15 is 0 Å². The maximum absolute atomic E-state index is 11.0. The van der Waals surface area contributed by atoms with Gasteiger partial charge in [0.1, 0.15) is 6.61 Å². The summed E-state index contributed by atoms with van der Waals surface area (Å²) in [5.74, 6) is -1.30. The molecule has 1 rings (SSSR count). The standard InChI is InChI=1S/C8H13NO4/c1-5(8(11)12)13-4-7(10)9-6-2-3-6/h5-6H,2-4H2,1H3,(H,9,10)(H,11,12)/t5-/m0/s1. The largest absolute Gasteiger partial charge is 0.479 e. The quantitative estimate of drug-likeness (QED) is 0.622. The Morgan fingerprint density at radius 2 is 2.23 bits per heavy atom. The number of hydrogen-bond donors (Lipinski definition) is 2. The molecule has 74 valence electrons. The van der Waals surface area contributed by atoms with Gasteiger partial charge in [-0.1, -0.05) is 0 Å². The van der Waals surface area contributed by atoms with Crippen molar-refractivity contribution in [3.63, 3.8) is 0 Å². The molecule has 0 bridgehead atoms. The van der Waals surface area contributed by atoms with Crippen LogP contribution in [-0.4, -0.2) is 35.7 Å². The summed E-state index contributed by atoms with van der Waals surface area (Å²) in [4.78, 5) is 21.3. The Hall–Kier alpha value is -1.10. The van der Waals surface area contributed by atoms with Crippen molar-refractivity contribution in [3.05, 3.63) is 0 Å². The summed E-state index contributed by atoms with van der Waals surface area (Å²) in [6, 6.07) is 0.288. The van der Waals surface area contributed by atoms with Crippen molar-refractivity contribution < 1.29 is 19.4 Å². The number of hydrogen-bond acceptors (Lipinski definition) is 3. The molecule has 0 aromatic carbocycles. The first-order chi connectivity index (χ1) is 6.09. The minimum absolute atomic E-state index is 0.177. The van der Waals surface area contributed by atoms with Gasteiger partial charge in [0, 0.05) is 6.04 Å². The summed E-state index contributed by atoms with van der Waals surface area (Å²) < 4.78 is 4.78. The third-order valence-electron chi connectivity index (χ3n) is 1.75. The zero-order valence-electron chi connectivity index (χ0n) is 7.45. The molecule has 0 aromatic heterocycles. The molecule has 1 atom stereocenters. The van der Waals surface area contributed by atoms with E-state index < -0.39 is 12.1 Å². The third kappa shape index (κ3) is 3.89. The minimum Gasteiger partial charge on any atom is -0.479 e. The van der Waals surface area contributed by atoms with E-state index in [1.165, 1.54) is 6.92 Å². The van der Waals surface area contributed by atoms with Gasteiger partial charge in [0.15, 0.2) is 6.10 Å². The van der Waals surface area contributed by atoms with E-state index in [-0.39, 0.29) is 18.6 Å². The Labute approximate surface area is 76.1 Å². The molecule has 0 spiro atoms. The summed E-state index contributed by atoms with van der Waals surface area (Å²) in [5.41, 5.74) is 0. The number of aliphatic carboxylic acids is 1. The zero-order chi connectivity index (χ0) is 9.84. The zero-order valence-corrected chi connectivity index (χ0v) is 7.45. The number of rotatable bonds is 5. The van der Waals surface area contributed by atoms with Crippen LogP contribution in [0.4, 0.5) is 0 Å². The van der Waals surface area contributed by atoms with Crippen molar-refractivity contribution in [2.75, 3.05) is 6.61 Å². The summed E-state index contributed by atoms with van der Waals surface area (Å²) in [7, 11) is 0. The second-order valence-corrected chi connectivity index (χ2v) is 3.13. The molecule has 0 unspecified atom stereocenters. The average molecular weight is 187 g/mol. The van der Waals surface area contributed by atoms with Crippen molar-refractivity contribution in [2.24, 2.45) is 0 Å². The second-order valence-electron chi connectivity index (χ2n) is 3.13. The number of ether oxygens (including phenoxy) is 1. The van der Waals surface area contributed by atoms with Gasteiger partial charge in [-0.05, 0) is 19.8 Å². The van der Waals surface area contributed by atoms with E-state index in [9.17, 15) is 9.59 Å². The van der Waals surface area contributed by atoms with Crippen molar-refractivity contribution >= 4 is 11.9 Å². The first-order valence-electron chi connectivity index (χ1n) is 4.23. The molecule has 0 radical (unpaired) electrons. The van der Waals surface area contributed by atoms with Gasteiger partial charge in [-0.3, -0.25) is 4.79 Å². The van der Waals surface area contributed by atoms with Crippen LogP contribution in [0.15, 0.2) is 0 Å². The average Bonchev–Trinajstić information content (AvgIpc) is 2.83. The Morgan fingerprint density at radius 3 is 2.69 bits per heavy atom. The van der Waals surface area contributed by atoms with E-state index in [1.807, 2.05) is 0 Å². The van der Waals surface area contributed by atoms with Gasteiger partial charge in [-0.15, -0.1) is 0 Å². The van der Waals surface area contributed by atoms with E-state index in [4.69, 9.17) is 9.84 Å². The lowest BCUT2D eigenvalue weighted by atomic mass is 10.4. The van der Waals surface area contributed by atoms with Crippen LogP contribution >= 0.6 is 0 Å². The first kappa shape index (κ1) is 9.98. The number of nitrogens with one attached hydrogen (secondary N) is 1. The highest BCUT2D eigenvalue weighted by Crippen LogP contribution is 2.18. The Kier molecular flexibility index (Phi) is 3.25. The van der Waals surface area contributed by atoms with E-state index in [1.54, 1.807) is 0 Å². The van der Waals surface area contributed by atoms with Gasteiger partial charge in [0.25, 0.3) is 0 Å². The van der Waals surface area contributed by atoms with Gasteiger partial charge < -0.3 is 15.2 Å². The number of amides is 1. The second kappa shape index (κ2) is 4.23. The molecule has 0 saturated heterocycles. The highest BCUT2D eigenvalue weighted by atomic mass is 16.5. The lowest BCUT2D eigenvalue weighted by Gasteiger charge is -2.07. The topological polar surface area (TPSA) is 75.6 Å². The van der Waals surface area contributed by atoms with Crippen molar-refractivity contribution in [1.82, 2.24) is 5.32 Å². The molecule has 13 heavy (non-hydrogen) atoms. The summed E-state index contributed by atoms with van der Waals surface area (Å²) in [6.45, 7) is 1.22. The van der Waals surface area contributed by atoms with Crippen LogP contribution < -0.4 is 5.32 Å². The Morgan fingerprint density at radius 1 is 1.62 bits per heavy atom. The molecule has 1 aliphatic rings. The molecule has 5 heteroatoms. The van der Waals surface area contributed by atoms with E-state index in [0.29, 0.717) is 0 Å². The fourth-order valence-electron chi connectivity index (χ4n) is 0.769. The number of carbonyl (C=O) groups is 2. The molecule has 1 aliphatic carbocycles. The van der Waals surface area contributed by atoms with Crippen LogP contribution in [0, 0.1) is 0 Å². The van der Waals surface area contributed by atoms with Crippen LogP contribution in [0.5, 0.6) is 0 Å². The number of carbonyl (C=O) groups excluding carboxylic acids is 1. The fraction of sp³-hybridized carbons (Fsp3) is 0.750. The smallest absolute Gasteiger partial charge is 0.332 e. The van der Waals surface area contributed by atoms with Gasteiger partial charge in [0.2, 0.25) is 5.91 Å².